The normalized spacial score (nSPS) is 18.5. The molecule has 1 aliphatic rings. The van der Waals surface area contributed by atoms with Crippen LogP contribution in [0.4, 0.5) is 0 Å². The third kappa shape index (κ3) is 1.75. The number of carboxylic acids is 1. The number of hydrogen-bond acceptors (Lipinski definition) is 2. The molecule has 68 valence electrons. The van der Waals surface area contributed by atoms with Crippen molar-refractivity contribution in [1.29, 1.82) is 0 Å². The number of carbonyl (C=O) groups is 2. The summed E-state index contributed by atoms with van der Waals surface area (Å²) in [4.78, 5) is 23.3. The lowest BCUT2D eigenvalue weighted by molar-refractivity contribution is -0.149. The van der Waals surface area contributed by atoms with Gasteiger partial charge in [-0.1, -0.05) is 0 Å². The van der Waals surface area contributed by atoms with Crippen molar-refractivity contribution >= 4 is 11.9 Å². The highest BCUT2D eigenvalue weighted by Gasteiger charge is 2.33. The van der Waals surface area contributed by atoms with Crippen molar-refractivity contribution in [2.24, 2.45) is 5.92 Å². The molecule has 0 aromatic heterocycles. The van der Waals surface area contributed by atoms with Crippen LogP contribution in [0, 0.1) is 5.92 Å². The Morgan fingerprint density at radius 3 is 2.33 bits per heavy atom. The predicted molar refractivity (Wildman–Crippen MR) is 42.6 cm³/mol. The Morgan fingerprint density at radius 2 is 2.00 bits per heavy atom. The van der Waals surface area contributed by atoms with Crippen molar-refractivity contribution < 1.29 is 14.7 Å². The fraction of sp³-hybridized carbons (Fsp3) is 0.750. The summed E-state index contributed by atoms with van der Waals surface area (Å²) in [5, 5.41) is 8.56. The number of aliphatic carboxylic acids is 1. The number of rotatable bonds is 3. The van der Waals surface area contributed by atoms with E-state index in [1.54, 1.807) is 11.9 Å². The summed E-state index contributed by atoms with van der Waals surface area (Å²) in [7, 11) is 1.67. The lowest BCUT2D eigenvalue weighted by atomic mass is 10.1. The molecule has 1 rings (SSSR count). The van der Waals surface area contributed by atoms with Gasteiger partial charge < -0.3 is 10.0 Å². The number of carboxylic acid groups (broad SMARTS) is 1. The molecule has 1 unspecified atom stereocenters. The highest BCUT2D eigenvalue weighted by molar-refractivity contribution is 5.96. The molecular weight excluding hydrogens is 158 g/mol. The van der Waals surface area contributed by atoms with E-state index in [-0.39, 0.29) is 5.91 Å². The summed E-state index contributed by atoms with van der Waals surface area (Å²) in [5.41, 5.74) is 0. The average Bonchev–Trinajstić information content (AvgIpc) is 2.82. The summed E-state index contributed by atoms with van der Waals surface area (Å²) in [6.07, 6.45) is 2.02. The number of nitrogens with zero attached hydrogens (tertiary/aromatic N) is 1. The minimum absolute atomic E-state index is 0.287. The zero-order valence-corrected chi connectivity index (χ0v) is 7.28. The lowest BCUT2D eigenvalue weighted by Crippen LogP contribution is -2.36. The molecule has 0 bridgehead atoms. The molecule has 1 N–H and O–H groups in total. The summed E-state index contributed by atoms with van der Waals surface area (Å²) in [6.45, 7) is 1.42. The topological polar surface area (TPSA) is 57.6 Å². The monoisotopic (exact) mass is 171 g/mol. The molecule has 12 heavy (non-hydrogen) atoms. The average molecular weight is 171 g/mol. The Balaban J connectivity index is 2.50. The minimum atomic E-state index is -1.05. The molecule has 0 radical (unpaired) electrons. The fourth-order valence-electron chi connectivity index (χ4n) is 1.05. The second kappa shape index (κ2) is 3.13. The van der Waals surface area contributed by atoms with Gasteiger partial charge in [-0.15, -0.1) is 0 Å². The van der Waals surface area contributed by atoms with Crippen molar-refractivity contribution in [3.63, 3.8) is 0 Å². The molecule has 1 fully saturated rings. The van der Waals surface area contributed by atoms with E-state index in [0.717, 1.165) is 12.8 Å². The van der Waals surface area contributed by atoms with Crippen LogP contribution in [-0.4, -0.2) is 35.0 Å². The van der Waals surface area contributed by atoms with Crippen molar-refractivity contribution in [1.82, 2.24) is 4.90 Å². The Hall–Kier alpha value is -1.06. The van der Waals surface area contributed by atoms with Gasteiger partial charge in [0, 0.05) is 13.1 Å². The number of hydrogen-bond donors (Lipinski definition) is 1. The van der Waals surface area contributed by atoms with E-state index in [4.69, 9.17) is 5.11 Å². The molecule has 0 aromatic carbocycles. The van der Waals surface area contributed by atoms with Gasteiger partial charge in [0.05, 0.1) is 0 Å². The molecule has 0 aliphatic heterocycles. The van der Waals surface area contributed by atoms with E-state index in [9.17, 15) is 9.59 Å². The second-order valence-corrected chi connectivity index (χ2v) is 3.24. The number of amides is 1. The maximum absolute atomic E-state index is 11.3. The third-order valence-electron chi connectivity index (χ3n) is 2.18. The predicted octanol–water partition coefficient (Wildman–Crippen LogP) is 0.328. The first kappa shape index (κ1) is 9.03. The van der Waals surface area contributed by atoms with E-state index in [2.05, 4.69) is 0 Å². The lowest BCUT2D eigenvalue weighted by Gasteiger charge is -2.18. The van der Waals surface area contributed by atoms with Gasteiger partial charge in [0.2, 0.25) is 5.91 Å². The molecule has 1 amide bonds. The van der Waals surface area contributed by atoms with Crippen LogP contribution >= 0.6 is 0 Å². The Kier molecular flexibility index (Phi) is 2.35. The van der Waals surface area contributed by atoms with Crippen molar-refractivity contribution in [3.05, 3.63) is 0 Å². The summed E-state index contributed by atoms with van der Waals surface area (Å²) < 4.78 is 0. The first-order chi connectivity index (χ1) is 5.54. The van der Waals surface area contributed by atoms with Crippen LogP contribution in [0.5, 0.6) is 0 Å². The quantitative estimate of drug-likeness (QED) is 0.622. The molecule has 4 heteroatoms. The zero-order chi connectivity index (χ0) is 9.30. The van der Waals surface area contributed by atoms with Crippen LogP contribution in [0.3, 0.4) is 0 Å². The molecule has 1 saturated carbocycles. The highest BCUT2D eigenvalue weighted by atomic mass is 16.4. The van der Waals surface area contributed by atoms with Crippen LogP contribution in [0.1, 0.15) is 19.8 Å². The maximum atomic E-state index is 11.3. The minimum Gasteiger partial charge on any atom is -0.481 e. The van der Waals surface area contributed by atoms with Crippen LogP contribution in [0.15, 0.2) is 0 Å². The number of carbonyl (C=O) groups excluding carboxylic acids is 1. The van der Waals surface area contributed by atoms with Gasteiger partial charge in [0.25, 0.3) is 0 Å². The van der Waals surface area contributed by atoms with Gasteiger partial charge in [-0.05, 0) is 19.8 Å². The molecule has 1 atom stereocenters. The van der Waals surface area contributed by atoms with Gasteiger partial charge >= 0.3 is 5.97 Å². The molecule has 0 aromatic rings. The largest absolute Gasteiger partial charge is 0.481 e. The summed E-state index contributed by atoms with van der Waals surface area (Å²) in [5.74, 6) is -2.24. The molecule has 1 aliphatic carbocycles. The summed E-state index contributed by atoms with van der Waals surface area (Å²) in [6, 6.07) is 0.291. The molecule has 0 spiro atoms. The maximum Gasteiger partial charge on any atom is 0.315 e. The van der Waals surface area contributed by atoms with Crippen molar-refractivity contribution in [3.8, 4) is 0 Å². The van der Waals surface area contributed by atoms with Crippen LogP contribution in [0.25, 0.3) is 0 Å². The SMILES string of the molecule is CC(C(=O)O)C(=O)N(C)C1CC1. The van der Waals surface area contributed by atoms with Crippen molar-refractivity contribution in [2.45, 2.75) is 25.8 Å². The fourth-order valence-corrected chi connectivity index (χ4v) is 1.05. The first-order valence-corrected chi connectivity index (χ1v) is 4.03. The van der Waals surface area contributed by atoms with Gasteiger partial charge in [0.15, 0.2) is 0 Å². The first-order valence-electron chi connectivity index (χ1n) is 4.03. The van der Waals surface area contributed by atoms with Gasteiger partial charge in [-0.3, -0.25) is 9.59 Å². The van der Waals surface area contributed by atoms with E-state index < -0.39 is 11.9 Å². The van der Waals surface area contributed by atoms with Gasteiger partial charge in [-0.2, -0.15) is 0 Å². The van der Waals surface area contributed by atoms with Crippen LogP contribution < -0.4 is 0 Å². The highest BCUT2D eigenvalue weighted by Crippen LogP contribution is 2.26. The smallest absolute Gasteiger partial charge is 0.315 e. The van der Waals surface area contributed by atoms with Crippen LogP contribution in [0.2, 0.25) is 0 Å². The standard InChI is InChI=1S/C8H13NO3/c1-5(8(11)12)7(10)9(2)6-3-4-6/h5-6H,3-4H2,1-2H3,(H,11,12). The van der Waals surface area contributed by atoms with Gasteiger partial charge in [-0.25, -0.2) is 0 Å². The van der Waals surface area contributed by atoms with E-state index in [1.165, 1.54) is 6.92 Å². The Labute approximate surface area is 71.2 Å². The van der Waals surface area contributed by atoms with E-state index in [0.29, 0.717) is 6.04 Å². The summed E-state index contributed by atoms with van der Waals surface area (Å²) >= 11 is 0. The van der Waals surface area contributed by atoms with Crippen molar-refractivity contribution in [2.75, 3.05) is 7.05 Å². The van der Waals surface area contributed by atoms with E-state index >= 15 is 0 Å². The van der Waals surface area contributed by atoms with Crippen LogP contribution in [-0.2, 0) is 9.59 Å². The Bertz CT molecular complexity index is 210. The van der Waals surface area contributed by atoms with E-state index in [1.807, 2.05) is 0 Å². The Morgan fingerprint density at radius 1 is 1.50 bits per heavy atom. The third-order valence-corrected chi connectivity index (χ3v) is 2.18. The second-order valence-electron chi connectivity index (χ2n) is 3.24. The molecule has 0 saturated heterocycles. The molecule has 4 nitrogen and oxygen atoms in total. The molecular formula is C8H13NO3. The zero-order valence-electron chi connectivity index (χ0n) is 7.28. The molecule has 0 heterocycles. The van der Waals surface area contributed by atoms with Gasteiger partial charge in [0.1, 0.15) is 5.92 Å².